The Labute approximate surface area is 71.1 Å². The van der Waals surface area contributed by atoms with Gasteiger partial charge in [-0.3, -0.25) is 0 Å². The van der Waals surface area contributed by atoms with Gasteiger partial charge in [0.05, 0.1) is 12.5 Å². The highest BCUT2D eigenvalue weighted by Gasteiger charge is 2.09. The summed E-state index contributed by atoms with van der Waals surface area (Å²) in [7, 11) is 0. The van der Waals surface area contributed by atoms with Crippen LogP contribution in [0.1, 0.15) is 0 Å². The molecule has 3 heterocycles. The molecule has 2 aromatic rings. The molecule has 1 N–H and O–H groups in total. The van der Waals surface area contributed by atoms with Crippen molar-refractivity contribution in [2.24, 2.45) is 9.98 Å². The molecule has 0 bridgehead atoms. The Kier molecular flexibility index (Phi) is 0.974. The molecule has 2 amide bonds. The molecule has 0 saturated heterocycles. The molecule has 0 aliphatic carbocycles. The number of nitrogens with zero attached hydrogens (tertiary/aromatic N) is 4. The smallest absolute Gasteiger partial charge is 0.341 e. The maximum Gasteiger partial charge on any atom is 0.368 e. The highest BCUT2D eigenvalue weighted by molar-refractivity contribution is 5.80. The number of hydrogen-bond acceptors (Lipinski definition) is 3. The van der Waals surface area contributed by atoms with Crippen molar-refractivity contribution in [1.29, 1.82) is 0 Å². The molecule has 1 aliphatic heterocycles. The fraction of sp³-hybridized carbons (Fsp3) is 0. The molecule has 0 spiro atoms. The highest BCUT2D eigenvalue weighted by atomic mass is 16.2. The van der Waals surface area contributed by atoms with Gasteiger partial charge in [-0.2, -0.15) is 9.98 Å². The summed E-state index contributed by atoms with van der Waals surface area (Å²) in [6, 6.07) is -0.487. The molecule has 0 radical (unpaired) electrons. The van der Waals surface area contributed by atoms with E-state index >= 15 is 0 Å². The Hall–Kier alpha value is -2.11. The largest absolute Gasteiger partial charge is 0.368 e. The van der Waals surface area contributed by atoms with E-state index in [1.165, 1.54) is 12.5 Å². The van der Waals surface area contributed by atoms with E-state index in [-0.39, 0.29) is 0 Å². The molecule has 6 heteroatoms. The summed E-state index contributed by atoms with van der Waals surface area (Å²) >= 11 is 0. The van der Waals surface area contributed by atoms with Crippen LogP contribution in [0.25, 0.3) is 11.2 Å². The lowest BCUT2D eigenvalue weighted by Crippen LogP contribution is -2.23. The molecule has 62 valence electrons. The van der Waals surface area contributed by atoms with E-state index in [1.807, 2.05) is 0 Å². The van der Waals surface area contributed by atoms with Crippen LogP contribution in [0.4, 0.5) is 4.79 Å². The van der Waals surface area contributed by atoms with Crippen LogP contribution >= 0.6 is 0 Å². The Morgan fingerprint density at radius 1 is 1.23 bits per heavy atom. The average molecular weight is 173 g/mol. The second-order valence-corrected chi connectivity index (χ2v) is 2.60. The van der Waals surface area contributed by atoms with Crippen molar-refractivity contribution in [2.75, 3.05) is 0 Å². The quantitative estimate of drug-likeness (QED) is 0.573. The fourth-order valence-corrected chi connectivity index (χ4v) is 1.29. The molecule has 0 fully saturated rings. The third-order valence-electron chi connectivity index (χ3n) is 1.83. The molecule has 0 unspecified atom stereocenters. The lowest BCUT2D eigenvalue weighted by Gasteiger charge is -1.83. The first-order valence-corrected chi connectivity index (χ1v) is 3.64. The number of hydrogen-bond donors (Lipinski definition) is 1. The van der Waals surface area contributed by atoms with Crippen molar-refractivity contribution in [3.63, 3.8) is 0 Å². The summed E-state index contributed by atoms with van der Waals surface area (Å²) in [5.41, 5.74) is 1.21. The summed E-state index contributed by atoms with van der Waals surface area (Å²) in [6.07, 6.45) is 3.00. The fourth-order valence-electron chi connectivity index (χ4n) is 1.29. The van der Waals surface area contributed by atoms with Crippen LogP contribution in [-0.4, -0.2) is 21.0 Å². The van der Waals surface area contributed by atoms with Crippen LogP contribution in [0, 0.1) is 0 Å². The number of aromatic amines is 1. The summed E-state index contributed by atoms with van der Waals surface area (Å²) in [6.45, 7) is 0. The van der Waals surface area contributed by atoms with Crippen LogP contribution in [0.5, 0.6) is 0 Å². The average Bonchev–Trinajstić information content (AvgIpc) is 2.65. The van der Waals surface area contributed by atoms with Gasteiger partial charge < -0.3 is 4.98 Å². The minimum Gasteiger partial charge on any atom is -0.341 e. The first-order valence-electron chi connectivity index (χ1n) is 3.64. The molecular weight excluding hydrogens is 170 g/mol. The number of pyridine rings is 1. The number of fused-ring (bicyclic) bond motifs is 3. The van der Waals surface area contributed by atoms with Crippen molar-refractivity contribution in [2.45, 2.75) is 0 Å². The third kappa shape index (κ3) is 0.738. The van der Waals surface area contributed by atoms with Crippen molar-refractivity contribution in [1.82, 2.24) is 15.0 Å². The Balaban J connectivity index is 2.69. The molecular formula is C7H3N5O. The third-order valence-corrected chi connectivity index (χ3v) is 1.83. The first kappa shape index (κ1) is 6.41. The predicted octanol–water partition coefficient (Wildman–Crippen LogP) is -0.669. The zero-order chi connectivity index (χ0) is 8.84. The molecule has 0 atom stereocenters. The van der Waals surface area contributed by atoms with Gasteiger partial charge in [0.15, 0.2) is 5.65 Å². The van der Waals surface area contributed by atoms with E-state index in [0.29, 0.717) is 21.9 Å². The summed E-state index contributed by atoms with van der Waals surface area (Å²) in [4.78, 5) is 29.1. The second-order valence-electron chi connectivity index (χ2n) is 2.60. The van der Waals surface area contributed by atoms with E-state index in [0.717, 1.165) is 0 Å². The monoisotopic (exact) mass is 173 g/mol. The van der Waals surface area contributed by atoms with Gasteiger partial charge >= 0.3 is 6.03 Å². The molecule has 0 aromatic carbocycles. The summed E-state index contributed by atoms with van der Waals surface area (Å²) in [5, 5.41) is 1.04. The zero-order valence-corrected chi connectivity index (χ0v) is 6.35. The molecule has 0 saturated carbocycles. The number of urea groups is 1. The Morgan fingerprint density at radius 2 is 2.15 bits per heavy atom. The Bertz CT molecular complexity index is 626. The maximum absolute atomic E-state index is 10.9. The summed E-state index contributed by atoms with van der Waals surface area (Å²) < 4.78 is 0. The normalized spacial score (nSPS) is 14.0. The molecule has 3 rings (SSSR count). The Morgan fingerprint density at radius 3 is 3.08 bits per heavy atom. The minimum absolute atomic E-state index is 0.487. The number of amides is 2. The maximum atomic E-state index is 10.9. The number of aromatic nitrogens is 3. The van der Waals surface area contributed by atoms with Gasteiger partial charge in [-0.1, -0.05) is 0 Å². The van der Waals surface area contributed by atoms with Gasteiger partial charge in [0.25, 0.3) is 0 Å². The van der Waals surface area contributed by atoms with E-state index < -0.39 is 6.03 Å². The lowest BCUT2D eigenvalue weighted by atomic mass is 10.4. The zero-order valence-electron chi connectivity index (χ0n) is 6.35. The van der Waals surface area contributed by atoms with E-state index in [4.69, 9.17) is 0 Å². The topological polar surface area (TPSA) is 83.4 Å². The van der Waals surface area contributed by atoms with Gasteiger partial charge in [-0.25, -0.2) is 14.8 Å². The summed E-state index contributed by atoms with van der Waals surface area (Å²) in [5.74, 6) is 0. The van der Waals surface area contributed by atoms with Crippen LogP contribution < -0.4 is 10.7 Å². The lowest BCUT2D eigenvalue weighted by molar-refractivity contribution is 0.256. The van der Waals surface area contributed by atoms with Gasteiger partial charge in [-0.15, -0.1) is 0 Å². The van der Waals surface area contributed by atoms with Crippen LogP contribution in [0.15, 0.2) is 22.5 Å². The standard InChI is InChI=1S/C7H3N5O/c13-7-11-3-1-8-6-5(4(3)12-7)9-2-10-6/h1-2H,(H,9,10). The van der Waals surface area contributed by atoms with Crippen LogP contribution in [-0.2, 0) is 0 Å². The number of H-pyrrole nitrogens is 1. The van der Waals surface area contributed by atoms with Crippen LogP contribution in [0.3, 0.4) is 0 Å². The van der Waals surface area contributed by atoms with Crippen LogP contribution in [0.2, 0.25) is 0 Å². The molecule has 2 aromatic heterocycles. The number of carbonyl (C=O) groups is 1. The molecule has 1 aliphatic rings. The molecule has 13 heavy (non-hydrogen) atoms. The SMILES string of the molecule is O=C1N=c2cnc3nc[nH]c3c2=N1. The number of carbonyl (C=O) groups excluding carboxylic acids is 1. The van der Waals surface area contributed by atoms with Gasteiger partial charge in [0.1, 0.15) is 16.2 Å². The second kappa shape index (κ2) is 1.98. The first-order chi connectivity index (χ1) is 6.34. The van der Waals surface area contributed by atoms with Crippen molar-refractivity contribution in [3.8, 4) is 0 Å². The van der Waals surface area contributed by atoms with E-state index in [2.05, 4.69) is 24.9 Å². The number of rotatable bonds is 0. The number of imidazole rings is 1. The van der Waals surface area contributed by atoms with Gasteiger partial charge in [-0.05, 0) is 0 Å². The highest BCUT2D eigenvalue weighted by Crippen LogP contribution is 1.97. The number of nitrogens with one attached hydrogen (secondary N) is 1. The van der Waals surface area contributed by atoms with E-state index in [9.17, 15) is 4.79 Å². The van der Waals surface area contributed by atoms with Crippen molar-refractivity contribution in [3.05, 3.63) is 23.2 Å². The van der Waals surface area contributed by atoms with Gasteiger partial charge in [0.2, 0.25) is 0 Å². The molecule has 6 nitrogen and oxygen atoms in total. The van der Waals surface area contributed by atoms with Crippen molar-refractivity contribution < 1.29 is 4.79 Å². The minimum atomic E-state index is -0.487. The van der Waals surface area contributed by atoms with Crippen molar-refractivity contribution >= 4 is 17.2 Å². The van der Waals surface area contributed by atoms with E-state index in [1.54, 1.807) is 0 Å². The van der Waals surface area contributed by atoms with Gasteiger partial charge in [0, 0.05) is 0 Å². The predicted molar refractivity (Wildman–Crippen MR) is 41.6 cm³/mol.